The third-order valence-electron chi connectivity index (χ3n) is 3.21. The fourth-order valence-corrected chi connectivity index (χ4v) is 2.95. The molecule has 0 aromatic heterocycles. The molecule has 0 radical (unpaired) electrons. The van der Waals surface area contributed by atoms with Crippen LogP contribution < -0.4 is 0 Å². The van der Waals surface area contributed by atoms with Gasteiger partial charge in [0.05, 0.1) is 0 Å². The SMILES string of the molecule is CCCCCCCCCC(=O)CC[Si](C)(C)C. The van der Waals surface area contributed by atoms with Crippen molar-refractivity contribution >= 4 is 13.9 Å². The Morgan fingerprint density at radius 1 is 0.824 bits per heavy atom. The molecular weight excluding hydrogens is 224 g/mol. The van der Waals surface area contributed by atoms with E-state index in [0.29, 0.717) is 5.78 Å². The van der Waals surface area contributed by atoms with Crippen molar-refractivity contribution in [3.05, 3.63) is 0 Å². The normalized spacial score (nSPS) is 11.8. The highest BCUT2D eigenvalue weighted by Gasteiger charge is 2.14. The predicted molar refractivity (Wildman–Crippen MR) is 80.4 cm³/mol. The summed E-state index contributed by atoms with van der Waals surface area (Å²) in [6.07, 6.45) is 10.8. The predicted octanol–water partition coefficient (Wildman–Crippen LogP) is 5.42. The maximum absolute atomic E-state index is 11.6. The zero-order chi connectivity index (χ0) is 13.1. The lowest BCUT2D eigenvalue weighted by Crippen LogP contribution is -2.20. The molecule has 0 saturated carbocycles. The van der Waals surface area contributed by atoms with Crippen molar-refractivity contribution in [3.8, 4) is 0 Å². The molecule has 0 heterocycles. The number of Topliss-reactive ketones (excluding diaryl/α,β-unsaturated/α-hetero) is 1. The number of hydrogen-bond donors (Lipinski definition) is 0. The molecule has 0 aromatic carbocycles. The highest BCUT2D eigenvalue weighted by molar-refractivity contribution is 6.76. The molecule has 0 aliphatic rings. The van der Waals surface area contributed by atoms with Crippen LogP contribution in [0.15, 0.2) is 0 Å². The third kappa shape index (κ3) is 13.8. The number of rotatable bonds is 11. The molecule has 0 amide bonds. The molecule has 0 fully saturated rings. The van der Waals surface area contributed by atoms with E-state index < -0.39 is 8.07 Å². The summed E-state index contributed by atoms with van der Waals surface area (Å²) >= 11 is 0. The summed E-state index contributed by atoms with van der Waals surface area (Å²) in [7, 11) is -1.01. The summed E-state index contributed by atoms with van der Waals surface area (Å²) in [6.45, 7) is 9.27. The summed E-state index contributed by atoms with van der Waals surface area (Å²) in [5.74, 6) is 0.501. The van der Waals surface area contributed by atoms with E-state index in [1.54, 1.807) is 0 Å². The summed E-state index contributed by atoms with van der Waals surface area (Å²) in [6, 6.07) is 1.17. The number of ketones is 1. The minimum Gasteiger partial charge on any atom is -0.300 e. The first-order valence-corrected chi connectivity index (χ1v) is 11.2. The average molecular weight is 257 g/mol. The van der Waals surface area contributed by atoms with Gasteiger partial charge in [-0.05, 0) is 6.42 Å². The van der Waals surface area contributed by atoms with E-state index in [1.165, 1.54) is 44.6 Å². The van der Waals surface area contributed by atoms with Crippen LogP contribution in [0.3, 0.4) is 0 Å². The Bertz CT molecular complexity index is 194. The van der Waals surface area contributed by atoms with Crippen LogP contribution in [0.25, 0.3) is 0 Å². The first kappa shape index (κ1) is 16.9. The van der Waals surface area contributed by atoms with Crippen LogP contribution in [-0.2, 0) is 4.79 Å². The largest absolute Gasteiger partial charge is 0.300 e. The molecule has 0 aliphatic heterocycles. The van der Waals surface area contributed by atoms with E-state index in [-0.39, 0.29) is 0 Å². The van der Waals surface area contributed by atoms with Gasteiger partial charge in [-0.15, -0.1) is 0 Å². The maximum atomic E-state index is 11.6. The summed E-state index contributed by atoms with van der Waals surface area (Å²) < 4.78 is 0. The van der Waals surface area contributed by atoms with Crippen LogP contribution >= 0.6 is 0 Å². The monoisotopic (exact) mass is 256 g/mol. The van der Waals surface area contributed by atoms with E-state index in [2.05, 4.69) is 26.6 Å². The second-order valence-electron chi connectivity index (χ2n) is 6.47. The van der Waals surface area contributed by atoms with Crippen LogP contribution in [0, 0.1) is 0 Å². The molecule has 0 unspecified atom stereocenters. The van der Waals surface area contributed by atoms with Crippen LogP contribution in [0.4, 0.5) is 0 Å². The molecule has 102 valence electrons. The van der Waals surface area contributed by atoms with E-state index in [1.807, 2.05) is 0 Å². The van der Waals surface area contributed by atoms with Crippen LogP contribution in [0.5, 0.6) is 0 Å². The zero-order valence-electron chi connectivity index (χ0n) is 12.5. The smallest absolute Gasteiger partial charge is 0.132 e. The number of carbonyl (C=O) groups is 1. The highest BCUT2D eigenvalue weighted by atomic mass is 28.3. The Balaban J connectivity index is 3.28. The van der Waals surface area contributed by atoms with Crippen molar-refractivity contribution in [1.82, 2.24) is 0 Å². The number of hydrogen-bond acceptors (Lipinski definition) is 1. The van der Waals surface area contributed by atoms with Crippen molar-refractivity contribution in [2.24, 2.45) is 0 Å². The summed E-state index contributed by atoms with van der Waals surface area (Å²) in [5.41, 5.74) is 0. The lowest BCUT2D eigenvalue weighted by Gasteiger charge is -2.14. The topological polar surface area (TPSA) is 17.1 Å². The van der Waals surface area contributed by atoms with Crippen LogP contribution in [0.1, 0.15) is 64.7 Å². The van der Waals surface area contributed by atoms with Gasteiger partial charge in [0.2, 0.25) is 0 Å². The molecule has 2 heteroatoms. The second-order valence-corrected chi connectivity index (χ2v) is 12.1. The first-order chi connectivity index (χ1) is 7.95. The Hall–Kier alpha value is -0.113. The van der Waals surface area contributed by atoms with Gasteiger partial charge < -0.3 is 0 Å². The van der Waals surface area contributed by atoms with E-state index >= 15 is 0 Å². The molecule has 1 nitrogen and oxygen atoms in total. The standard InChI is InChI=1S/C15H32OSi/c1-5-6-7-8-9-10-11-12-15(16)13-14-17(2,3)4/h5-14H2,1-4H3. The quantitative estimate of drug-likeness (QED) is 0.356. The van der Waals surface area contributed by atoms with Crippen LogP contribution in [0.2, 0.25) is 25.7 Å². The van der Waals surface area contributed by atoms with Crippen LogP contribution in [-0.4, -0.2) is 13.9 Å². The van der Waals surface area contributed by atoms with E-state index in [0.717, 1.165) is 19.3 Å². The molecule has 0 saturated heterocycles. The van der Waals surface area contributed by atoms with E-state index in [4.69, 9.17) is 0 Å². The van der Waals surface area contributed by atoms with Gasteiger partial charge >= 0.3 is 0 Å². The lowest BCUT2D eigenvalue weighted by molar-refractivity contribution is -0.118. The van der Waals surface area contributed by atoms with Gasteiger partial charge in [0, 0.05) is 20.9 Å². The average Bonchev–Trinajstić information content (AvgIpc) is 2.24. The molecular formula is C15H32OSi. The zero-order valence-corrected chi connectivity index (χ0v) is 13.5. The molecule has 0 N–H and O–H groups in total. The van der Waals surface area contributed by atoms with Crippen molar-refractivity contribution in [3.63, 3.8) is 0 Å². The third-order valence-corrected chi connectivity index (χ3v) is 4.96. The first-order valence-electron chi connectivity index (χ1n) is 7.47. The van der Waals surface area contributed by atoms with Crippen molar-refractivity contribution in [2.45, 2.75) is 90.4 Å². The molecule has 0 aromatic rings. The number of unbranched alkanes of at least 4 members (excludes halogenated alkanes) is 6. The maximum Gasteiger partial charge on any atom is 0.132 e. The Labute approximate surface area is 109 Å². The molecule has 0 rings (SSSR count). The Kier molecular flexibility index (Phi) is 9.80. The fraction of sp³-hybridized carbons (Fsp3) is 0.933. The van der Waals surface area contributed by atoms with Gasteiger partial charge in [-0.2, -0.15) is 0 Å². The minimum atomic E-state index is -1.01. The van der Waals surface area contributed by atoms with Gasteiger partial charge in [-0.3, -0.25) is 4.79 Å². The Morgan fingerprint density at radius 2 is 1.35 bits per heavy atom. The number of carbonyl (C=O) groups excluding carboxylic acids is 1. The molecule has 17 heavy (non-hydrogen) atoms. The molecule has 0 spiro atoms. The van der Waals surface area contributed by atoms with Gasteiger partial charge in [0.25, 0.3) is 0 Å². The van der Waals surface area contributed by atoms with Gasteiger partial charge in [-0.25, -0.2) is 0 Å². The summed E-state index contributed by atoms with van der Waals surface area (Å²) in [5, 5.41) is 0. The molecule has 0 bridgehead atoms. The van der Waals surface area contributed by atoms with E-state index in [9.17, 15) is 4.79 Å². The lowest BCUT2D eigenvalue weighted by atomic mass is 10.1. The molecule has 0 atom stereocenters. The van der Waals surface area contributed by atoms with Crippen molar-refractivity contribution < 1.29 is 4.79 Å². The van der Waals surface area contributed by atoms with Crippen molar-refractivity contribution in [1.29, 1.82) is 0 Å². The fourth-order valence-electron chi connectivity index (χ4n) is 1.92. The van der Waals surface area contributed by atoms with Gasteiger partial charge in [-0.1, -0.05) is 71.1 Å². The van der Waals surface area contributed by atoms with Crippen molar-refractivity contribution in [2.75, 3.05) is 0 Å². The highest BCUT2D eigenvalue weighted by Crippen LogP contribution is 2.14. The Morgan fingerprint density at radius 3 is 1.88 bits per heavy atom. The van der Waals surface area contributed by atoms with Gasteiger partial charge in [0.1, 0.15) is 5.78 Å². The second kappa shape index (κ2) is 9.87. The van der Waals surface area contributed by atoms with Gasteiger partial charge in [0.15, 0.2) is 0 Å². The minimum absolute atomic E-state index is 0.501. The molecule has 0 aliphatic carbocycles. The summed E-state index contributed by atoms with van der Waals surface area (Å²) in [4.78, 5) is 11.6.